The predicted molar refractivity (Wildman–Crippen MR) is 64.0 cm³/mol. The van der Waals surface area contributed by atoms with Gasteiger partial charge < -0.3 is 15.5 Å². The van der Waals surface area contributed by atoms with Crippen LogP contribution in [0.25, 0.3) is 0 Å². The van der Waals surface area contributed by atoms with E-state index in [1.807, 2.05) is 6.92 Å². The van der Waals surface area contributed by atoms with Gasteiger partial charge in [-0.25, -0.2) is 0 Å². The molecule has 3 N–H and O–H groups in total. The fourth-order valence-corrected chi connectivity index (χ4v) is 2.01. The topological polar surface area (TPSA) is 69.6 Å². The first-order chi connectivity index (χ1) is 8.08. The van der Waals surface area contributed by atoms with Crippen molar-refractivity contribution in [1.29, 1.82) is 0 Å². The molecule has 1 saturated carbocycles. The summed E-state index contributed by atoms with van der Waals surface area (Å²) in [5.41, 5.74) is 0.367. The molecule has 0 aliphatic heterocycles. The highest BCUT2D eigenvalue weighted by Gasteiger charge is 2.25. The molecule has 0 spiro atoms. The molecule has 92 valence electrons. The summed E-state index contributed by atoms with van der Waals surface area (Å²) in [6.45, 7) is 2.00. The van der Waals surface area contributed by atoms with Gasteiger partial charge in [0.25, 0.3) is 5.91 Å². The minimum Gasteiger partial charge on any atom is -0.504 e. The Hall–Kier alpha value is -1.71. The summed E-state index contributed by atoms with van der Waals surface area (Å²) in [4.78, 5) is 11.9. The van der Waals surface area contributed by atoms with Crippen LogP contribution in [0.5, 0.6) is 11.5 Å². The van der Waals surface area contributed by atoms with Crippen LogP contribution in [-0.4, -0.2) is 22.2 Å². The van der Waals surface area contributed by atoms with Gasteiger partial charge >= 0.3 is 0 Å². The average Bonchev–Trinajstić information content (AvgIpc) is 2.19. The van der Waals surface area contributed by atoms with Crippen molar-refractivity contribution in [2.45, 2.75) is 32.2 Å². The number of benzene rings is 1. The van der Waals surface area contributed by atoms with Crippen LogP contribution >= 0.6 is 0 Å². The van der Waals surface area contributed by atoms with E-state index in [9.17, 15) is 9.90 Å². The molecule has 1 aromatic carbocycles. The summed E-state index contributed by atoms with van der Waals surface area (Å²) in [5, 5.41) is 21.4. The third-order valence-electron chi connectivity index (χ3n) is 3.45. The predicted octanol–water partition coefficient (Wildman–Crippen LogP) is 2.02. The Bertz CT molecular complexity index is 427. The second kappa shape index (κ2) is 4.65. The van der Waals surface area contributed by atoms with E-state index in [1.54, 1.807) is 0 Å². The molecule has 2 rings (SSSR count). The molecule has 4 nitrogen and oxygen atoms in total. The van der Waals surface area contributed by atoms with Crippen molar-refractivity contribution in [3.63, 3.8) is 0 Å². The standard InChI is InChI=1S/C13H17NO3/c1-8(9-3-2-4-9)14-13(17)10-5-6-11(15)12(16)7-10/h5-9,15-16H,2-4H2,1H3,(H,14,17). The minimum absolute atomic E-state index is 0.159. The largest absolute Gasteiger partial charge is 0.504 e. The number of phenols is 2. The average molecular weight is 235 g/mol. The number of carbonyl (C=O) groups excluding carboxylic acids is 1. The van der Waals surface area contributed by atoms with E-state index in [2.05, 4.69) is 5.32 Å². The number of carbonyl (C=O) groups is 1. The van der Waals surface area contributed by atoms with Crippen LogP contribution in [0.2, 0.25) is 0 Å². The number of amides is 1. The number of hydrogen-bond donors (Lipinski definition) is 3. The van der Waals surface area contributed by atoms with Gasteiger partial charge in [-0.05, 0) is 43.9 Å². The molecule has 0 aromatic heterocycles. The van der Waals surface area contributed by atoms with E-state index in [0.717, 1.165) is 0 Å². The molecule has 1 aliphatic carbocycles. The van der Waals surface area contributed by atoms with Gasteiger partial charge in [0.15, 0.2) is 11.5 Å². The van der Waals surface area contributed by atoms with Crippen LogP contribution in [0.15, 0.2) is 18.2 Å². The third-order valence-corrected chi connectivity index (χ3v) is 3.45. The lowest BCUT2D eigenvalue weighted by Crippen LogP contribution is -2.40. The molecule has 0 heterocycles. The lowest BCUT2D eigenvalue weighted by Gasteiger charge is -2.31. The van der Waals surface area contributed by atoms with Gasteiger partial charge in [0.1, 0.15) is 0 Å². The maximum Gasteiger partial charge on any atom is 0.251 e. The van der Waals surface area contributed by atoms with E-state index in [1.165, 1.54) is 37.5 Å². The zero-order valence-corrected chi connectivity index (χ0v) is 9.81. The van der Waals surface area contributed by atoms with Crippen molar-refractivity contribution in [3.05, 3.63) is 23.8 Å². The molecule has 0 saturated heterocycles. The van der Waals surface area contributed by atoms with Crippen molar-refractivity contribution in [3.8, 4) is 11.5 Å². The van der Waals surface area contributed by atoms with Gasteiger partial charge in [-0.15, -0.1) is 0 Å². The van der Waals surface area contributed by atoms with Crippen molar-refractivity contribution in [1.82, 2.24) is 5.32 Å². The number of phenolic OH excluding ortho intramolecular Hbond substituents is 2. The molecule has 4 heteroatoms. The molecule has 0 radical (unpaired) electrons. The van der Waals surface area contributed by atoms with Crippen molar-refractivity contribution in [2.75, 3.05) is 0 Å². The van der Waals surface area contributed by atoms with Crippen LogP contribution in [0, 0.1) is 5.92 Å². The fourth-order valence-electron chi connectivity index (χ4n) is 2.01. The van der Waals surface area contributed by atoms with Gasteiger partial charge in [0.2, 0.25) is 0 Å². The highest BCUT2D eigenvalue weighted by atomic mass is 16.3. The van der Waals surface area contributed by atoms with Gasteiger partial charge in [0, 0.05) is 11.6 Å². The highest BCUT2D eigenvalue weighted by molar-refractivity contribution is 5.95. The summed E-state index contributed by atoms with van der Waals surface area (Å²) < 4.78 is 0. The van der Waals surface area contributed by atoms with Crippen molar-refractivity contribution >= 4 is 5.91 Å². The molecule has 1 atom stereocenters. The summed E-state index contributed by atoms with van der Waals surface area (Å²) in [5.74, 6) is -0.119. The first-order valence-corrected chi connectivity index (χ1v) is 5.91. The SMILES string of the molecule is CC(NC(=O)c1ccc(O)c(O)c1)C1CCC1. The second-order valence-electron chi connectivity index (χ2n) is 4.66. The molecule has 17 heavy (non-hydrogen) atoms. The molecular formula is C13H17NO3. The van der Waals surface area contributed by atoms with Gasteiger partial charge in [-0.1, -0.05) is 6.42 Å². The van der Waals surface area contributed by atoms with Gasteiger partial charge in [0.05, 0.1) is 0 Å². The van der Waals surface area contributed by atoms with E-state index in [0.29, 0.717) is 11.5 Å². The van der Waals surface area contributed by atoms with Gasteiger partial charge in [-0.3, -0.25) is 4.79 Å². The Morgan fingerprint density at radius 1 is 1.35 bits per heavy atom. The van der Waals surface area contributed by atoms with E-state index < -0.39 is 0 Å². The molecular weight excluding hydrogens is 218 g/mol. The summed E-state index contributed by atoms with van der Waals surface area (Å²) >= 11 is 0. The zero-order valence-electron chi connectivity index (χ0n) is 9.81. The Kier molecular flexibility index (Phi) is 3.22. The smallest absolute Gasteiger partial charge is 0.251 e. The fraction of sp³-hybridized carbons (Fsp3) is 0.462. The molecule has 1 amide bonds. The zero-order chi connectivity index (χ0) is 12.4. The van der Waals surface area contributed by atoms with Crippen LogP contribution < -0.4 is 5.32 Å². The first kappa shape index (κ1) is 11.8. The van der Waals surface area contributed by atoms with E-state index in [-0.39, 0.29) is 23.4 Å². The van der Waals surface area contributed by atoms with E-state index >= 15 is 0 Å². The highest BCUT2D eigenvalue weighted by Crippen LogP contribution is 2.30. The number of rotatable bonds is 3. The monoisotopic (exact) mass is 235 g/mol. The molecule has 1 fully saturated rings. The minimum atomic E-state index is -0.269. The number of aromatic hydroxyl groups is 2. The Morgan fingerprint density at radius 2 is 2.06 bits per heavy atom. The van der Waals surface area contributed by atoms with Gasteiger partial charge in [-0.2, -0.15) is 0 Å². The first-order valence-electron chi connectivity index (χ1n) is 5.91. The van der Waals surface area contributed by atoms with Crippen LogP contribution in [-0.2, 0) is 0 Å². The second-order valence-corrected chi connectivity index (χ2v) is 4.66. The van der Waals surface area contributed by atoms with Crippen LogP contribution in [0.1, 0.15) is 36.5 Å². The molecule has 1 aliphatic rings. The summed E-state index contributed by atoms with van der Waals surface area (Å²) in [7, 11) is 0. The lowest BCUT2D eigenvalue weighted by molar-refractivity contribution is 0.0909. The number of nitrogens with one attached hydrogen (secondary N) is 1. The third kappa shape index (κ3) is 2.52. The molecule has 0 bridgehead atoms. The summed E-state index contributed by atoms with van der Waals surface area (Å²) in [6.07, 6.45) is 3.58. The Morgan fingerprint density at radius 3 is 2.59 bits per heavy atom. The summed E-state index contributed by atoms with van der Waals surface area (Å²) in [6, 6.07) is 4.25. The Balaban J connectivity index is 2.01. The maximum atomic E-state index is 11.9. The van der Waals surface area contributed by atoms with Crippen molar-refractivity contribution < 1.29 is 15.0 Å². The van der Waals surface area contributed by atoms with Crippen LogP contribution in [0.3, 0.4) is 0 Å². The molecule has 1 aromatic rings. The van der Waals surface area contributed by atoms with Crippen LogP contribution in [0.4, 0.5) is 0 Å². The molecule has 1 unspecified atom stereocenters. The van der Waals surface area contributed by atoms with E-state index in [4.69, 9.17) is 5.11 Å². The number of hydrogen-bond acceptors (Lipinski definition) is 3. The normalized spacial score (nSPS) is 17.2. The maximum absolute atomic E-state index is 11.9. The quantitative estimate of drug-likeness (QED) is 0.702. The lowest BCUT2D eigenvalue weighted by atomic mass is 9.80. The Labute approximate surface area is 100 Å². The van der Waals surface area contributed by atoms with Crippen molar-refractivity contribution in [2.24, 2.45) is 5.92 Å².